The van der Waals surface area contributed by atoms with E-state index in [1.165, 1.54) is 5.56 Å². The van der Waals surface area contributed by atoms with Gasteiger partial charge in [-0.1, -0.05) is 34.1 Å². The molecule has 0 spiro atoms. The Kier molecular flexibility index (Phi) is 5.59. The van der Waals surface area contributed by atoms with Crippen molar-refractivity contribution < 1.29 is 4.74 Å². The van der Waals surface area contributed by atoms with Crippen LogP contribution in [0.3, 0.4) is 0 Å². The highest BCUT2D eigenvalue weighted by Gasteiger charge is 2.22. The van der Waals surface area contributed by atoms with E-state index in [2.05, 4.69) is 41.3 Å². The Morgan fingerprint density at radius 1 is 1.41 bits per heavy atom. The van der Waals surface area contributed by atoms with Crippen LogP contribution in [0.4, 0.5) is 0 Å². The van der Waals surface area contributed by atoms with E-state index in [9.17, 15) is 0 Å². The first-order valence-electron chi connectivity index (χ1n) is 5.73. The smallest absolute Gasteiger partial charge is 0.0638 e. The molecule has 0 aliphatic carbocycles. The SMILES string of the molecule is COC(C)(C)CC(Cc1ccccc1Br)NN. The Morgan fingerprint density at radius 2 is 2.06 bits per heavy atom. The molecule has 0 heterocycles. The molecule has 3 nitrogen and oxygen atoms in total. The minimum absolute atomic E-state index is 0.168. The second-order valence-electron chi connectivity index (χ2n) is 4.83. The van der Waals surface area contributed by atoms with E-state index in [-0.39, 0.29) is 11.6 Å². The van der Waals surface area contributed by atoms with E-state index in [0.29, 0.717) is 0 Å². The maximum Gasteiger partial charge on any atom is 0.0638 e. The fourth-order valence-corrected chi connectivity index (χ4v) is 2.24. The van der Waals surface area contributed by atoms with Crippen LogP contribution in [0, 0.1) is 0 Å². The molecule has 1 atom stereocenters. The Labute approximate surface area is 112 Å². The van der Waals surface area contributed by atoms with Gasteiger partial charge >= 0.3 is 0 Å². The highest BCUT2D eigenvalue weighted by Crippen LogP contribution is 2.21. The summed E-state index contributed by atoms with van der Waals surface area (Å²) in [5.41, 5.74) is 3.95. The number of hydrazine groups is 1. The number of benzene rings is 1. The minimum Gasteiger partial charge on any atom is -0.379 e. The Hall–Kier alpha value is -0.420. The lowest BCUT2D eigenvalue weighted by molar-refractivity contribution is 0.00709. The fraction of sp³-hybridized carbons (Fsp3) is 0.538. The first-order valence-corrected chi connectivity index (χ1v) is 6.52. The Morgan fingerprint density at radius 3 is 2.59 bits per heavy atom. The number of hydrogen-bond donors (Lipinski definition) is 2. The molecule has 96 valence electrons. The van der Waals surface area contributed by atoms with Gasteiger partial charge in [0.1, 0.15) is 0 Å². The van der Waals surface area contributed by atoms with Crippen molar-refractivity contribution in [3.05, 3.63) is 34.3 Å². The predicted octanol–water partition coefficient (Wildman–Crippen LogP) is 2.64. The first kappa shape index (κ1) is 14.6. The van der Waals surface area contributed by atoms with Crippen molar-refractivity contribution in [3.63, 3.8) is 0 Å². The normalized spacial score (nSPS) is 13.7. The van der Waals surface area contributed by atoms with E-state index in [4.69, 9.17) is 10.6 Å². The van der Waals surface area contributed by atoms with Gasteiger partial charge in [0.2, 0.25) is 0 Å². The van der Waals surface area contributed by atoms with Crippen LogP contribution in [0.25, 0.3) is 0 Å². The van der Waals surface area contributed by atoms with Crippen LogP contribution in [-0.2, 0) is 11.2 Å². The van der Waals surface area contributed by atoms with E-state index in [1.807, 2.05) is 18.2 Å². The molecule has 1 aromatic carbocycles. The summed E-state index contributed by atoms with van der Waals surface area (Å²) in [6.45, 7) is 4.13. The molecule has 0 saturated heterocycles. The highest BCUT2D eigenvalue weighted by molar-refractivity contribution is 9.10. The molecule has 0 saturated carbocycles. The minimum atomic E-state index is -0.168. The maximum atomic E-state index is 5.61. The van der Waals surface area contributed by atoms with Crippen LogP contribution in [-0.4, -0.2) is 18.8 Å². The number of nitrogens with two attached hydrogens (primary N) is 1. The predicted molar refractivity (Wildman–Crippen MR) is 74.7 cm³/mol. The van der Waals surface area contributed by atoms with Crippen LogP contribution in [0.5, 0.6) is 0 Å². The summed E-state index contributed by atoms with van der Waals surface area (Å²) in [4.78, 5) is 0. The van der Waals surface area contributed by atoms with Gasteiger partial charge in [-0.25, -0.2) is 0 Å². The number of hydrogen-bond acceptors (Lipinski definition) is 3. The molecule has 1 rings (SSSR count). The zero-order valence-corrected chi connectivity index (χ0v) is 12.3. The van der Waals surface area contributed by atoms with Crippen LogP contribution < -0.4 is 11.3 Å². The third kappa shape index (κ3) is 4.76. The number of rotatable bonds is 6. The van der Waals surface area contributed by atoms with Crippen LogP contribution in [0.2, 0.25) is 0 Å². The van der Waals surface area contributed by atoms with E-state index < -0.39 is 0 Å². The van der Waals surface area contributed by atoms with E-state index in [0.717, 1.165) is 17.3 Å². The van der Waals surface area contributed by atoms with Gasteiger partial charge < -0.3 is 4.74 Å². The van der Waals surface area contributed by atoms with Crippen molar-refractivity contribution >= 4 is 15.9 Å². The summed E-state index contributed by atoms with van der Waals surface area (Å²) in [5, 5.41) is 0. The summed E-state index contributed by atoms with van der Waals surface area (Å²) in [5.74, 6) is 5.61. The lowest BCUT2D eigenvalue weighted by atomic mass is 9.94. The number of halogens is 1. The van der Waals surface area contributed by atoms with Crippen LogP contribution in [0.15, 0.2) is 28.7 Å². The molecule has 3 N–H and O–H groups in total. The van der Waals surface area contributed by atoms with Crippen molar-refractivity contribution in [1.82, 2.24) is 5.43 Å². The summed E-state index contributed by atoms with van der Waals surface area (Å²) >= 11 is 3.55. The quantitative estimate of drug-likeness (QED) is 0.627. The molecule has 0 amide bonds. The summed E-state index contributed by atoms with van der Waals surface area (Å²) in [6, 6.07) is 8.40. The lowest BCUT2D eigenvalue weighted by Crippen LogP contribution is -2.42. The molecule has 17 heavy (non-hydrogen) atoms. The molecule has 0 radical (unpaired) electrons. The molecule has 4 heteroatoms. The molecule has 0 fully saturated rings. The second kappa shape index (κ2) is 6.50. The molecule has 1 unspecified atom stereocenters. The van der Waals surface area contributed by atoms with Gasteiger partial charge in [0, 0.05) is 17.6 Å². The summed E-state index contributed by atoms with van der Waals surface area (Å²) in [6.07, 6.45) is 1.74. The Balaban J connectivity index is 2.68. The fourth-order valence-electron chi connectivity index (χ4n) is 1.80. The standard InChI is InChI=1S/C13H21BrN2O/c1-13(2,17-3)9-11(16-15)8-10-6-4-5-7-12(10)14/h4-7,11,16H,8-9,15H2,1-3H3. The molecule has 0 aliphatic heterocycles. The number of ether oxygens (including phenoxy) is 1. The van der Waals surface area contributed by atoms with Gasteiger partial charge in [-0.15, -0.1) is 0 Å². The third-order valence-corrected chi connectivity index (χ3v) is 3.72. The first-order chi connectivity index (χ1) is 7.98. The summed E-state index contributed by atoms with van der Waals surface area (Å²) < 4.78 is 6.55. The molecular weight excluding hydrogens is 280 g/mol. The lowest BCUT2D eigenvalue weighted by Gasteiger charge is -2.28. The number of nitrogens with one attached hydrogen (secondary N) is 1. The monoisotopic (exact) mass is 300 g/mol. The van der Waals surface area contributed by atoms with Crippen LogP contribution in [0.1, 0.15) is 25.8 Å². The number of methoxy groups -OCH3 is 1. The zero-order valence-electron chi connectivity index (χ0n) is 10.7. The van der Waals surface area contributed by atoms with Gasteiger partial charge in [0.25, 0.3) is 0 Å². The van der Waals surface area contributed by atoms with Crippen molar-refractivity contribution in [1.29, 1.82) is 0 Å². The third-order valence-electron chi connectivity index (χ3n) is 2.95. The largest absolute Gasteiger partial charge is 0.379 e. The van der Waals surface area contributed by atoms with Crippen molar-refractivity contribution in [3.8, 4) is 0 Å². The van der Waals surface area contributed by atoms with E-state index >= 15 is 0 Å². The van der Waals surface area contributed by atoms with E-state index in [1.54, 1.807) is 7.11 Å². The topological polar surface area (TPSA) is 47.3 Å². The average molecular weight is 301 g/mol. The summed E-state index contributed by atoms with van der Waals surface area (Å²) in [7, 11) is 1.73. The Bertz CT molecular complexity index is 355. The van der Waals surface area contributed by atoms with Gasteiger partial charge in [-0.3, -0.25) is 11.3 Å². The van der Waals surface area contributed by atoms with Gasteiger partial charge in [-0.2, -0.15) is 0 Å². The van der Waals surface area contributed by atoms with Crippen molar-refractivity contribution in [2.45, 2.75) is 38.3 Å². The van der Waals surface area contributed by atoms with Crippen molar-refractivity contribution in [2.75, 3.05) is 7.11 Å². The molecule has 1 aromatic rings. The zero-order chi connectivity index (χ0) is 12.9. The van der Waals surface area contributed by atoms with Gasteiger partial charge in [-0.05, 0) is 38.3 Å². The second-order valence-corrected chi connectivity index (χ2v) is 5.68. The van der Waals surface area contributed by atoms with Crippen molar-refractivity contribution in [2.24, 2.45) is 5.84 Å². The molecule has 0 aliphatic rings. The van der Waals surface area contributed by atoms with Gasteiger partial charge in [0.05, 0.1) is 5.60 Å². The highest BCUT2D eigenvalue weighted by atomic mass is 79.9. The molecular formula is C13H21BrN2O. The van der Waals surface area contributed by atoms with Crippen LogP contribution >= 0.6 is 15.9 Å². The molecule has 0 bridgehead atoms. The van der Waals surface area contributed by atoms with Gasteiger partial charge in [0.15, 0.2) is 0 Å². The maximum absolute atomic E-state index is 5.61. The molecule has 0 aromatic heterocycles. The average Bonchev–Trinajstić information content (AvgIpc) is 2.31.